The number of carboxylic acids is 1. The lowest BCUT2D eigenvalue weighted by molar-refractivity contribution is 0.0697. The molecule has 0 aliphatic rings. The third-order valence-electron chi connectivity index (χ3n) is 3.77. The Kier molecular flexibility index (Phi) is 10.8. The maximum atomic E-state index is 10.7. The molecule has 0 aromatic heterocycles. The molecule has 124 valence electrons. The van der Waals surface area contributed by atoms with Crippen LogP contribution in [0, 0.1) is 0 Å². The lowest BCUT2D eigenvalue weighted by Crippen LogP contribution is -2.02. The zero-order valence-corrected chi connectivity index (χ0v) is 14.9. The molecule has 0 heterocycles. The summed E-state index contributed by atoms with van der Waals surface area (Å²) in [6, 6.07) is 6.94. The average Bonchev–Trinajstić information content (AvgIpc) is 2.53. The zero-order valence-electron chi connectivity index (χ0n) is 13.3. The van der Waals surface area contributed by atoms with Crippen LogP contribution in [-0.4, -0.2) is 23.0 Å². The number of halogens is 1. The summed E-state index contributed by atoms with van der Waals surface area (Å²) >= 11 is 3.46. The van der Waals surface area contributed by atoms with Gasteiger partial charge >= 0.3 is 5.97 Å². The second-order valence-corrected chi connectivity index (χ2v) is 6.47. The van der Waals surface area contributed by atoms with Crippen LogP contribution in [0.1, 0.15) is 68.1 Å². The summed E-state index contributed by atoms with van der Waals surface area (Å²) < 4.78 is 0. The molecule has 0 amide bonds. The van der Waals surface area contributed by atoms with Gasteiger partial charge in [0, 0.05) is 17.6 Å². The number of carbonyl (C=O) groups is 1. The third-order valence-corrected chi connectivity index (χ3v) is 4.33. The summed E-state index contributed by atoms with van der Waals surface area (Å²) in [6.45, 7) is 0.956. The number of rotatable bonds is 13. The van der Waals surface area contributed by atoms with Gasteiger partial charge in [-0.15, -0.1) is 0 Å². The van der Waals surface area contributed by atoms with E-state index in [9.17, 15) is 4.79 Å². The van der Waals surface area contributed by atoms with Gasteiger partial charge in [-0.1, -0.05) is 60.9 Å². The number of anilines is 1. The van der Waals surface area contributed by atoms with Gasteiger partial charge in [-0.05, 0) is 37.1 Å². The summed E-state index contributed by atoms with van der Waals surface area (Å²) in [4.78, 5) is 10.7. The monoisotopic (exact) mass is 369 g/mol. The molecule has 0 saturated carbocycles. The Bertz CT molecular complexity index is 406. The summed E-state index contributed by atoms with van der Waals surface area (Å²) in [5, 5.41) is 13.3. The van der Waals surface area contributed by atoms with Crippen LogP contribution >= 0.6 is 15.9 Å². The van der Waals surface area contributed by atoms with E-state index in [1.54, 1.807) is 12.1 Å². The topological polar surface area (TPSA) is 49.3 Å². The quantitative estimate of drug-likeness (QED) is 0.346. The van der Waals surface area contributed by atoms with Crippen molar-refractivity contribution in [2.75, 3.05) is 17.2 Å². The van der Waals surface area contributed by atoms with Crippen molar-refractivity contribution in [1.29, 1.82) is 0 Å². The van der Waals surface area contributed by atoms with Gasteiger partial charge in [0.05, 0.1) is 5.56 Å². The number of aromatic carboxylic acids is 1. The number of nitrogens with one attached hydrogen (secondary N) is 1. The minimum absolute atomic E-state index is 0.335. The highest BCUT2D eigenvalue weighted by Crippen LogP contribution is 2.12. The van der Waals surface area contributed by atoms with E-state index in [1.165, 1.54) is 57.8 Å². The molecule has 0 spiro atoms. The third kappa shape index (κ3) is 9.08. The Morgan fingerprint density at radius 2 is 1.36 bits per heavy atom. The molecule has 2 N–H and O–H groups in total. The maximum Gasteiger partial charge on any atom is 0.335 e. The first kappa shape index (κ1) is 19.0. The van der Waals surface area contributed by atoms with Gasteiger partial charge in [-0.25, -0.2) is 4.79 Å². The highest BCUT2D eigenvalue weighted by Gasteiger charge is 2.01. The van der Waals surface area contributed by atoms with Gasteiger partial charge in [-0.3, -0.25) is 0 Å². The van der Waals surface area contributed by atoms with Crippen LogP contribution in [0.4, 0.5) is 5.69 Å². The fourth-order valence-electron chi connectivity index (χ4n) is 2.42. The Labute approximate surface area is 142 Å². The first-order chi connectivity index (χ1) is 10.7. The zero-order chi connectivity index (χ0) is 16.0. The molecular weight excluding hydrogens is 342 g/mol. The predicted octanol–water partition coefficient (Wildman–Crippen LogP) is 5.70. The first-order valence-electron chi connectivity index (χ1n) is 8.37. The van der Waals surface area contributed by atoms with E-state index in [0.29, 0.717) is 5.56 Å². The molecule has 22 heavy (non-hydrogen) atoms. The van der Waals surface area contributed by atoms with Gasteiger partial charge in [0.2, 0.25) is 0 Å². The normalized spacial score (nSPS) is 10.6. The molecule has 0 fully saturated rings. The van der Waals surface area contributed by atoms with Crippen LogP contribution in [0.15, 0.2) is 24.3 Å². The molecule has 1 aromatic carbocycles. The number of hydrogen-bond acceptors (Lipinski definition) is 2. The van der Waals surface area contributed by atoms with Crippen molar-refractivity contribution in [2.45, 2.75) is 57.8 Å². The van der Waals surface area contributed by atoms with Crippen LogP contribution in [0.3, 0.4) is 0 Å². The smallest absolute Gasteiger partial charge is 0.335 e. The minimum atomic E-state index is -0.876. The Balaban J connectivity index is 1.94. The molecule has 0 unspecified atom stereocenters. The highest BCUT2D eigenvalue weighted by atomic mass is 79.9. The Morgan fingerprint density at radius 1 is 0.864 bits per heavy atom. The van der Waals surface area contributed by atoms with Gasteiger partial charge in [-0.2, -0.15) is 0 Å². The molecule has 0 radical (unpaired) electrons. The van der Waals surface area contributed by atoms with Crippen molar-refractivity contribution in [1.82, 2.24) is 0 Å². The molecule has 4 heteroatoms. The van der Waals surface area contributed by atoms with Crippen molar-refractivity contribution in [3.05, 3.63) is 29.8 Å². The average molecular weight is 370 g/mol. The van der Waals surface area contributed by atoms with E-state index in [4.69, 9.17) is 5.11 Å². The lowest BCUT2D eigenvalue weighted by Gasteiger charge is -2.06. The molecule has 0 bridgehead atoms. The van der Waals surface area contributed by atoms with E-state index >= 15 is 0 Å². The maximum absolute atomic E-state index is 10.7. The summed E-state index contributed by atoms with van der Waals surface area (Å²) in [5.74, 6) is -0.876. The Hall–Kier alpha value is -1.03. The van der Waals surface area contributed by atoms with E-state index in [0.717, 1.165) is 17.6 Å². The second-order valence-electron chi connectivity index (χ2n) is 5.68. The largest absolute Gasteiger partial charge is 0.478 e. The van der Waals surface area contributed by atoms with Crippen molar-refractivity contribution in [3.8, 4) is 0 Å². The molecule has 3 nitrogen and oxygen atoms in total. The molecular formula is C18H28BrNO2. The molecule has 1 aromatic rings. The number of hydrogen-bond donors (Lipinski definition) is 2. The molecule has 1 rings (SSSR count). The fourth-order valence-corrected chi connectivity index (χ4v) is 2.82. The van der Waals surface area contributed by atoms with Crippen molar-refractivity contribution in [3.63, 3.8) is 0 Å². The number of unbranched alkanes of at least 4 members (excludes halogenated alkanes) is 8. The number of alkyl halides is 1. The lowest BCUT2D eigenvalue weighted by atomic mass is 10.1. The Morgan fingerprint density at radius 3 is 1.86 bits per heavy atom. The van der Waals surface area contributed by atoms with Crippen LogP contribution in [0.2, 0.25) is 0 Å². The minimum Gasteiger partial charge on any atom is -0.478 e. The molecule has 0 atom stereocenters. The SMILES string of the molecule is O=C(O)c1ccc(NCCCCCCCCCCCBr)cc1. The predicted molar refractivity (Wildman–Crippen MR) is 97.2 cm³/mol. The van der Waals surface area contributed by atoms with Crippen LogP contribution in [0.25, 0.3) is 0 Å². The standard InChI is InChI=1S/C18H28BrNO2/c19-14-8-6-4-2-1-3-5-7-9-15-20-17-12-10-16(11-13-17)18(21)22/h10-13,20H,1-9,14-15H2,(H,21,22). The van der Waals surface area contributed by atoms with Crippen LogP contribution in [0.5, 0.6) is 0 Å². The molecule has 0 aliphatic carbocycles. The van der Waals surface area contributed by atoms with E-state index < -0.39 is 5.97 Å². The summed E-state index contributed by atoms with van der Waals surface area (Å²) in [5.41, 5.74) is 1.33. The van der Waals surface area contributed by atoms with Crippen LogP contribution in [-0.2, 0) is 0 Å². The van der Waals surface area contributed by atoms with Crippen molar-refractivity contribution < 1.29 is 9.90 Å². The van der Waals surface area contributed by atoms with E-state index in [2.05, 4.69) is 21.2 Å². The second kappa shape index (κ2) is 12.5. The number of benzene rings is 1. The van der Waals surface area contributed by atoms with Gasteiger partial charge in [0.25, 0.3) is 0 Å². The van der Waals surface area contributed by atoms with Gasteiger partial charge in [0.15, 0.2) is 0 Å². The molecule has 0 saturated heterocycles. The van der Waals surface area contributed by atoms with E-state index in [-0.39, 0.29) is 0 Å². The molecule has 0 aliphatic heterocycles. The summed E-state index contributed by atoms with van der Waals surface area (Å²) in [7, 11) is 0. The number of carboxylic acid groups (broad SMARTS) is 1. The fraction of sp³-hybridized carbons (Fsp3) is 0.611. The first-order valence-corrected chi connectivity index (χ1v) is 9.49. The van der Waals surface area contributed by atoms with E-state index in [1.807, 2.05) is 12.1 Å². The van der Waals surface area contributed by atoms with Gasteiger partial charge in [0.1, 0.15) is 0 Å². The van der Waals surface area contributed by atoms with Gasteiger partial charge < -0.3 is 10.4 Å². The highest BCUT2D eigenvalue weighted by molar-refractivity contribution is 9.09. The van der Waals surface area contributed by atoms with Crippen molar-refractivity contribution in [2.24, 2.45) is 0 Å². The summed E-state index contributed by atoms with van der Waals surface area (Å²) in [6.07, 6.45) is 11.9. The van der Waals surface area contributed by atoms with Crippen LogP contribution < -0.4 is 5.32 Å². The van der Waals surface area contributed by atoms with Crippen molar-refractivity contribution >= 4 is 27.6 Å².